The Balaban J connectivity index is 1.72. The van der Waals surface area contributed by atoms with E-state index < -0.39 is 0 Å². The van der Waals surface area contributed by atoms with Crippen LogP contribution < -0.4 is 10.1 Å². The molecule has 0 aliphatic rings. The van der Waals surface area contributed by atoms with E-state index in [9.17, 15) is 4.79 Å². The van der Waals surface area contributed by atoms with E-state index in [2.05, 4.69) is 15.5 Å². The highest BCUT2D eigenvalue weighted by Crippen LogP contribution is 2.27. The van der Waals surface area contributed by atoms with Gasteiger partial charge in [0.15, 0.2) is 5.16 Å². The molecule has 0 spiro atoms. The summed E-state index contributed by atoms with van der Waals surface area (Å²) in [5, 5.41) is 13.1. The molecule has 1 amide bonds. The van der Waals surface area contributed by atoms with Crippen molar-refractivity contribution in [1.29, 1.82) is 0 Å². The first-order chi connectivity index (χ1) is 13.2. The van der Waals surface area contributed by atoms with Crippen molar-refractivity contribution < 1.29 is 9.53 Å². The topological polar surface area (TPSA) is 69.0 Å². The van der Waals surface area contributed by atoms with Gasteiger partial charge >= 0.3 is 0 Å². The Morgan fingerprint density at radius 2 is 2.04 bits per heavy atom. The molecule has 6 nitrogen and oxygen atoms in total. The number of carbonyl (C=O) groups excluding carboxylic acids is 1. The van der Waals surface area contributed by atoms with Crippen molar-refractivity contribution in [2.75, 3.05) is 18.1 Å². The molecule has 2 rings (SSSR count). The summed E-state index contributed by atoms with van der Waals surface area (Å²) in [6.45, 7) is 6.39. The van der Waals surface area contributed by atoms with Crippen LogP contribution in [0, 0.1) is 0 Å². The maximum absolute atomic E-state index is 11.9. The van der Waals surface area contributed by atoms with Crippen molar-refractivity contribution >= 4 is 52.6 Å². The third kappa shape index (κ3) is 7.73. The van der Waals surface area contributed by atoms with Crippen LogP contribution in [0.15, 0.2) is 23.4 Å². The largest absolute Gasteiger partial charge is 0.491 e. The van der Waals surface area contributed by atoms with E-state index in [4.69, 9.17) is 27.9 Å². The van der Waals surface area contributed by atoms with E-state index in [1.807, 2.05) is 32.4 Å². The minimum atomic E-state index is -0.238. The number of benzene rings is 1. The Labute approximate surface area is 184 Å². The van der Waals surface area contributed by atoms with Gasteiger partial charge in [0, 0.05) is 23.4 Å². The van der Waals surface area contributed by atoms with Crippen molar-refractivity contribution in [2.45, 2.75) is 37.2 Å². The second-order valence-corrected chi connectivity index (χ2v) is 9.91. The quantitative estimate of drug-likeness (QED) is 0.438. The molecule has 0 unspecified atom stereocenters. The molecule has 28 heavy (non-hydrogen) atoms. The summed E-state index contributed by atoms with van der Waals surface area (Å²) in [4.78, 5) is 11.9. The van der Waals surface area contributed by atoms with Gasteiger partial charge in [-0.15, -0.1) is 10.2 Å². The predicted molar refractivity (Wildman–Crippen MR) is 118 cm³/mol. The van der Waals surface area contributed by atoms with Crippen molar-refractivity contribution in [3.63, 3.8) is 0 Å². The fourth-order valence-electron chi connectivity index (χ4n) is 2.15. The van der Waals surface area contributed by atoms with Gasteiger partial charge in [-0.25, -0.2) is 0 Å². The molecule has 1 aromatic heterocycles. The normalized spacial score (nSPS) is 11.5. The van der Waals surface area contributed by atoms with E-state index in [0.717, 1.165) is 16.7 Å². The van der Waals surface area contributed by atoms with Crippen LogP contribution in [0.2, 0.25) is 10.0 Å². The van der Waals surface area contributed by atoms with E-state index in [1.165, 1.54) is 11.8 Å². The van der Waals surface area contributed by atoms with Crippen molar-refractivity contribution in [2.24, 2.45) is 7.05 Å². The Morgan fingerprint density at radius 1 is 1.29 bits per heavy atom. The minimum absolute atomic E-state index is 0.0190. The molecule has 0 aliphatic carbocycles. The molecule has 0 saturated carbocycles. The molecular formula is C18H24Cl2N4O2S2. The Kier molecular flexibility index (Phi) is 8.80. The lowest BCUT2D eigenvalue weighted by molar-refractivity contribution is -0.119. The fraction of sp³-hybridized carbons (Fsp3) is 0.500. The molecule has 0 saturated heterocycles. The maximum atomic E-state index is 11.9. The molecule has 10 heteroatoms. The summed E-state index contributed by atoms with van der Waals surface area (Å²) < 4.78 is 7.58. The number of ether oxygens (including phenoxy) is 1. The summed E-state index contributed by atoms with van der Waals surface area (Å²) in [5.41, 5.74) is -0.238. The first-order valence-electron chi connectivity index (χ1n) is 8.63. The lowest BCUT2D eigenvalue weighted by atomic mass is 10.1. The minimum Gasteiger partial charge on any atom is -0.491 e. The summed E-state index contributed by atoms with van der Waals surface area (Å²) in [6, 6.07) is 5.17. The maximum Gasteiger partial charge on any atom is 0.230 e. The smallest absolute Gasteiger partial charge is 0.230 e. The molecule has 0 atom stereocenters. The molecule has 1 aromatic carbocycles. The zero-order chi connectivity index (χ0) is 20.7. The molecule has 1 N–H and O–H groups in total. The van der Waals surface area contributed by atoms with Crippen LogP contribution in [0.5, 0.6) is 5.75 Å². The number of aromatic nitrogens is 3. The Bertz CT molecular complexity index is 809. The molecule has 0 aliphatic heterocycles. The van der Waals surface area contributed by atoms with Crippen LogP contribution in [0.25, 0.3) is 0 Å². The molecule has 0 bridgehead atoms. The Morgan fingerprint density at radius 3 is 2.71 bits per heavy atom. The number of hydrogen-bond donors (Lipinski definition) is 1. The number of halogens is 2. The van der Waals surface area contributed by atoms with Crippen molar-refractivity contribution in [3.8, 4) is 5.75 Å². The summed E-state index contributed by atoms with van der Waals surface area (Å²) in [5.74, 6) is 3.25. The van der Waals surface area contributed by atoms with E-state index in [1.54, 1.807) is 30.0 Å². The van der Waals surface area contributed by atoms with Gasteiger partial charge in [-0.3, -0.25) is 4.79 Å². The lowest BCUT2D eigenvalue weighted by Crippen LogP contribution is -2.41. The average Bonchev–Trinajstić information content (AvgIpc) is 2.93. The van der Waals surface area contributed by atoms with Gasteiger partial charge in [0.1, 0.15) is 11.6 Å². The summed E-state index contributed by atoms with van der Waals surface area (Å²) in [7, 11) is 1.91. The van der Waals surface area contributed by atoms with Gasteiger partial charge in [0.25, 0.3) is 0 Å². The standard InChI is InChI=1S/C18H24Cl2N4O2S2/c1-18(2,3)21-16(25)11-28-17-23-22-15(24(17)4)10-27-8-7-26-14-6-5-12(19)9-13(14)20/h5-6,9H,7-8,10-11H2,1-4H3,(H,21,25). The van der Waals surface area contributed by atoms with Crippen LogP contribution >= 0.6 is 46.7 Å². The van der Waals surface area contributed by atoms with Crippen LogP contribution in [0.3, 0.4) is 0 Å². The lowest BCUT2D eigenvalue weighted by Gasteiger charge is -2.20. The van der Waals surface area contributed by atoms with Gasteiger partial charge < -0.3 is 14.6 Å². The zero-order valence-electron chi connectivity index (χ0n) is 16.3. The third-order valence-electron chi connectivity index (χ3n) is 3.38. The third-order valence-corrected chi connectivity index (χ3v) is 5.85. The number of hydrogen-bond acceptors (Lipinski definition) is 6. The zero-order valence-corrected chi connectivity index (χ0v) is 19.4. The van der Waals surface area contributed by atoms with E-state index in [-0.39, 0.29) is 11.4 Å². The summed E-state index contributed by atoms with van der Waals surface area (Å²) >= 11 is 15.0. The number of rotatable bonds is 9. The first-order valence-corrected chi connectivity index (χ1v) is 11.5. The number of nitrogens with one attached hydrogen (secondary N) is 1. The van der Waals surface area contributed by atoms with Gasteiger partial charge in [-0.1, -0.05) is 35.0 Å². The number of carbonyl (C=O) groups is 1. The SMILES string of the molecule is Cn1c(CSCCOc2ccc(Cl)cc2Cl)nnc1SCC(=O)NC(C)(C)C. The van der Waals surface area contributed by atoms with E-state index >= 15 is 0 Å². The highest BCUT2D eigenvalue weighted by molar-refractivity contribution is 7.99. The van der Waals surface area contributed by atoms with Gasteiger partial charge in [-0.2, -0.15) is 11.8 Å². The molecular weight excluding hydrogens is 439 g/mol. The average molecular weight is 463 g/mol. The second kappa shape index (κ2) is 10.6. The van der Waals surface area contributed by atoms with Gasteiger partial charge in [0.05, 0.1) is 23.1 Å². The van der Waals surface area contributed by atoms with Gasteiger partial charge in [-0.05, 0) is 39.0 Å². The molecule has 2 aromatic rings. The molecule has 154 valence electrons. The van der Waals surface area contributed by atoms with Gasteiger partial charge in [0.2, 0.25) is 5.91 Å². The van der Waals surface area contributed by atoms with Crippen LogP contribution in [-0.4, -0.2) is 44.3 Å². The van der Waals surface area contributed by atoms with Crippen molar-refractivity contribution in [3.05, 3.63) is 34.1 Å². The number of thioether (sulfide) groups is 2. The van der Waals surface area contributed by atoms with Crippen molar-refractivity contribution in [1.82, 2.24) is 20.1 Å². The number of nitrogens with zero attached hydrogens (tertiary/aromatic N) is 3. The summed E-state index contributed by atoms with van der Waals surface area (Å²) in [6.07, 6.45) is 0. The fourth-order valence-corrected chi connectivity index (χ4v) is 4.12. The first kappa shape index (κ1) is 23.2. The van der Waals surface area contributed by atoms with Crippen LogP contribution in [-0.2, 0) is 17.6 Å². The molecule has 0 fully saturated rings. The highest BCUT2D eigenvalue weighted by Gasteiger charge is 2.16. The van der Waals surface area contributed by atoms with E-state index in [0.29, 0.717) is 33.9 Å². The molecule has 1 heterocycles. The highest BCUT2D eigenvalue weighted by atomic mass is 35.5. The predicted octanol–water partition coefficient (Wildman–Crippen LogP) is 4.44. The monoisotopic (exact) mass is 462 g/mol. The van der Waals surface area contributed by atoms with Crippen LogP contribution in [0.1, 0.15) is 26.6 Å². The van der Waals surface area contributed by atoms with Crippen LogP contribution in [0.4, 0.5) is 0 Å². The molecule has 0 radical (unpaired) electrons. The number of amides is 1. The Hall–Kier alpha value is -1.09. The second-order valence-electron chi connectivity index (χ2n) is 7.02.